The fraction of sp³-hybridized carbons (Fsp3) is 0.303. The maximum atomic E-state index is 11.7. The van der Waals surface area contributed by atoms with Crippen molar-refractivity contribution in [2.45, 2.75) is 52.1 Å². The zero-order valence-corrected chi connectivity index (χ0v) is 25.8. The first kappa shape index (κ1) is 30.0. The number of benzene rings is 3. The zero-order valence-electron chi connectivity index (χ0n) is 24.3. The molecule has 0 atom stereocenters. The third-order valence-electron chi connectivity index (χ3n) is 7.92. The normalized spacial score (nSPS) is 14.2. The molecule has 1 saturated heterocycles. The summed E-state index contributed by atoms with van der Waals surface area (Å²) in [6.07, 6.45) is 5.54. The van der Waals surface area contributed by atoms with Crippen molar-refractivity contribution in [3.05, 3.63) is 106 Å². The van der Waals surface area contributed by atoms with Crippen LogP contribution in [0, 0.1) is 0 Å². The molecule has 0 unspecified atom stereocenters. The Bertz CT molecular complexity index is 1780. The van der Waals surface area contributed by atoms with E-state index in [-0.39, 0.29) is 11.7 Å². The fourth-order valence-electron chi connectivity index (χ4n) is 5.57. The number of carboxylic acids is 1. The van der Waals surface area contributed by atoms with Gasteiger partial charge in [-0.25, -0.2) is 14.8 Å². The molecular formula is C33H33Cl2N5O4. The van der Waals surface area contributed by atoms with E-state index in [0.29, 0.717) is 35.5 Å². The number of fused-ring (bicyclic) bond motifs is 1. The predicted octanol–water partition coefficient (Wildman–Crippen LogP) is 6.93. The third-order valence-corrected chi connectivity index (χ3v) is 8.45. The molecule has 0 saturated carbocycles. The summed E-state index contributed by atoms with van der Waals surface area (Å²) in [6, 6.07) is 18.2. The van der Waals surface area contributed by atoms with Gasteiger partial charge in [0.2, 0.25) is 0 Å². The topological polar surface area (TPSA) is 94.6 Å². The molecule has 9 nitrogen and oxygen atoms in total. The van der Waals surface area contributed by atoms with Crippen LogP contribution in [-0.4, -0.2) is 54.3 Å². The summed E-state index contributed by atoms with van der Waals surface area (Å²) in [5.41, 5.74) is 3.87. The van der Waals surface area contributed by atoms with E-state index >= 15 is 0 Å². The van der Waals surface area contributed by atoms with Gasteiger partial charge in [0.1, 0.15) is 30.0 Å². The molecule has 0 aliphatic carbocycles. The lowest BCUT2D eigenvalue weighted by atomic mass is 10.1. The first-order chi connectivity index (χ1) is 21.4. The van der Waals surface area contributed by atoms with Gasteiger partial charge >= 0.3 is 5.97 Å². The van der Waals surface area contributed by atoms with Gasteiger partial charge in [-0.3, -0.25) is 4.90 Å². The van der Waals surface area contributed by atoms with Crippen LogP contribution < -0.4 is 9.47 Å². The molecule has 0 amide bonds. The van der Waals surface area contributed by atoms with Gasteiger partial charge < -0.3 is 23.7 Å². The molecule has 6 rings (SSSR count). The van der Waals surface area contributed by atoms with Crippen molar-refractivity contribution in [1.29, 1.82) is 0 Å². The molecule has 0 bridgehead atoms. The molecule has 1 aliphatic heterocycles. The van der Waals surface area contributed by atoms with Gasteiger partial charge in [-0.1, -0.05) is 35.3 Å². The second-order valence-corrected chi connectivity index (χ2v) is 11.7. The van der Waals surface area contributed by atoms with Gasteiger partial charge in [0.15, 0.2) is 0 Å². The molecule has 5 aromatic rings. The fourth-order valence-corrected chi connectivity index (χ4v) is 6.03. The Morgan fingerprint density at radius 1 is 1.05 bits per heavy atom. The van der Waals surface area contributed by atoms with Crippen molar-refractivity contribution < 1.29 is 19.4 Å². The first-order valence-electron chi connectivity index (χ1n) is 14.6. The highest BCUT2D eigenvalue weighted by Gasteiger charge is 2.23. The minimum Gasteiger partial charge on any atom is -0.490 e. The van der Waals surface area contributed by atoms with Gasteiger partial charge in [-0.2, -0.15) is 0 Å². The van der Waals surface area contributed by atoms with Gasteiger partial charge in [0.05, 0.1) is 46.7 Å². The minimum absolute atomic E-state index is 0.101. The van der Waals surface area contributed by atoms with Gasteiger partial charge in [0.25, 0.3) is 0 Å². The highest BCUT2D eigenvalue weighted by atomic mass is 35.5. The van der Waals surface area contributed by atoms with Gasteiger partial charge in [-0.15, -0.1) is 0 Å². The number of imidazole rings is 2. The SMILES string of the molecule is CCn1cncc1Cn1c(CN2CCC(Oc3cccc(COc4ccc(Cl)cc4Cl)c3)CC2)nc2ccc(C(=O)O)cc21. The Balaban J connectivity index is 1.10. The first-order valence-corrected chi connectivity index (χ1v) is 15.4. The molecular weight excluding hydrogens is 601 g/mol. The number of nitrogens with zero attached hydrogens (tertiary/aromatic N) is 5. The molecule has 1 aliphatic rings. The number of aromatic nitrogens is 4. The Labute approximate surface area is 265 Å². The second kappa shape index (κ2) is 13.3. The summed E-state index contributed by atoms with van der Waals surface area (Å²) in [6.45, 7) is 6.19. The second-order valence-electron chi connectivity index (χ2n) is 10.9. The largest absolute Gasteiger partial charge is 0.490 e. The van der Waals surface area contributed by atoms with Crippen molar-refractivity contribution in [2.75, 3.05) is 13.1 Å². The number of aromatic carboxylic acids is 1. The molecule has 3 aromatic carbocycles. The number of halogens is 2. The zero-order chi connectivity index (χ0) is 30.6. The van der Waals surface area contributed by atoms with Crippen molar-refractivity contribution in [1.82, 2.24) is 24.0 Å². The van der Waals surface area contributed by atoms with Crippen molar-refractivity contribution in [2.24, 2.45) is 0 Å². The number of likely N-dealkylation sites (tertiary alicyclic amines) is 1. The average molecular weight is 635 g/mol. The van der Waals surface area contributed by atoms with E-state index < -0.39 is 5.97 Å². The number of hydrogen-bond donors (Lipinski definition) is 1. The van der Waals surface area contributed by atoms with Crippen LogP contribution in [0.1, 0.15) is 47.2 Å². The Hall–Kier alpha value is -4.05. The van der Waals surface area contributed by atoms with Crippen LogP contribution >= 0.6 is 23.2 Å². The maximum Gasteiger partial charge on any atom is 0.335 e. The molecule has 2 aromatic heterocycles. The predicted molar refractivity (Wildman–Crippen MR) is 170 cm³/mol. The summed E-state index contributed by atoms with van der Waals surface area (Å²) in [5.74, 6) is 1.35. The quantitative estimate of drug-likeness (QED) is 0.168. The van der Waals surface area contributed by atoms with Crippen LogP contribution in [0.2, 0.25) is 10.0 Å². The van der Waals surface area contributed by atoms with E-state index in [4.69, 9.17) is 37.7 Å². The summed E-state index contributed by atoms with van der Waals surface area (Å²) in [7, 11) is 0. The van der Waals surface area contributed by atoms with Gasteiger partial charge in [0, 0.05) is 30.9 Å². The third kappa shape index (κ3) is 6.85. The number of rotatable bonds is 11. The molecule has 1 N–H and O–H groups in total. The van der Waals surface area contributed by atoms with Crippen LogP contribution in [-0.2, 0) is 26.2 Å². The molecule has 11 heteroatoms. The standard InChI is InChI=1S/C33H33Cl2N5O4/c1-2-39-21-36-17-25(39)18-40-30-15-23(33(41)42)6-8-29(30)37-32(40)19-38-12-10-26(11-13-38)44-27-5-3-4-22(14-27)20-43-31-9-7-24(34)16-28(31)35/h3-9,14-17,21,26H,2,10-13,18-20H2,1H3,(H,41,42). The Morgan fingerprint density at radius 2 is 1.89 bits per heavy atom. The van der Waals surface area contributed by atoms with Crippen molar-refractivity contribution >= 4 is 40.2 Å². The van der Waals surface area contributed by atoms with Crippen LogP contribution in [0.5, 0.6) is 11.5 Å². The molecule has 3 heterocycles. The van der Waals surface area contributed by atoms with E-state index in [2.05, 4.69) is 25.9 Å². The molecule has 0 spiro atoms. The van der Waals surface area contributed by atoms with E-state index in [1.807, 2.05) is 36.8 Å². The van der Waals surface area contributed by atoms with Crippen molar-refractivity contribution in [3.63, 3.8) is 0 Å². The van der Waals surface area contributed by atoms with E-state index in [1.165, 1.54) is 0 Å². The van der Waals surface area contributed by atoms with Gasteiger partial charge in [-0.05, 0) is 73.9 Å². The lowest BCUT2D eigenvalue weighted by Gasteiger charge is -2.32. The number of ether oxygens (including phenoxy) is 2. The summed E-state index contributed by atoms with van der Waals surface area (Å²) < 4.78 is 16.5. The summed E-state index contributed by atoms with van der Waals surface area (Å²) in [5, 5.41) is 10.6. The number of hydrogen-bond acceptors (Lipinski definition) is 6. The Morgan fingerprint density at radius 3 is 2.66 bits per heavy atom. The van der Waals surface area contributed by atoms with Crippen LogP contribution in [0.15, 0.2) is 73.2 Å². The highest BCUT2D eigenvalue weighted by Crippen LogP contribution is 2.29. The van der Waals surface area contributed by atoms with E-state index in [9.17, 15) is 9.90 Å². The smallest absolute Gasteiger partial charge is 0.335 e. The minimum atomic E-state index is -0.953. The van der Waals surface area contributed by atoms with E-state index in [0.717, 1.165) is 66.3 Å². The van der Waals surface area contributed by atoms with Crippen molar-refractivity contribution in [3.8, 4) is 11.5 Å². The van der Waals surface area contributed by atoms with E-state index in [1.54, 1.807) is 36.4 Å². The molecule has 1 fully saturated rings. The summed E-state index contributed by atoms with van der Waals surface area (Å²) in [4.78, 5) is 23.3. The van der Waals surface area contributed by atoms with Crippen LogP contribution in [0.4, 0.5) is 0 Å². The molecule has 228 valence electrons. The number of carboxylic acid groups (broad SMARTS) is 1. The summed E-state index contributed by atoms with van der Waals surface area (Å²) >= 11 is 12.2. The maximum absolute atomic E-state index is 11.7. The number of carbonyl (C=O) groups is 1. The molecule has 44 heavy (non-hydrogen) atoms. The Kier molecular flexibility index (Phi) is 9.07. The van der Waals surface area contributed by atoms with Crippen LogP contribution in [0.3, 0.4) is 0 Å². The van der Waals surface area contributed by atoms with Crippen LogP contribution in [0.25, 0.3) is 11.0 Å². The lowest BCUT2D eigenvalue weighted by molar-refractivity contribution is 0.0697. The number of piperidine rings is 1. The highest BCUT2D eigenvalue weighted by molar-refractivity contribution is 6.35. The monoisotopic (exact) mass is 633 g/mol. The average Bonchev–Trinajstić information content (AvgIpc) is 3.61. The number of aryl methyl sites for hydroxylation is 1. The lowest BCUT2D eigenvalue weighted by Crippen LogP contribution is -2.38. The molecule has 0 radical (unpaired) electrons.